The molecule has 0 spiro atoms. The summed E-state index contributed by atoms with van der Waals surface area (Å²) in [5, 5.41) is 0. The van der Waals surface area contributed by atoms with Crippen LogP contribution in [0.1, 0.15) is 37.0 Å². The van der Waals surface area contributed by atoms with Gasteiger partial charge in [0.1, 0.15) is 6.10 Å². The van der Waals surface area contributed by atoms with Gasteiger partial charge in [0.2, 0.25) is 0 Å². The van der Waals surface area contributed by atoms with Crippen LogP contribution in [0.5, 0.6) is 0 Å². The van der Waals surface area contributed by atoms with Crippen molar-refractivity contribution in [3.05, 3.63) is 35.4 Å². The van der Waals surface area contributed by atoms with Gasteiger partial charge in [0.15, 0.2) is 0 Å². The Morgan fingerprint density at radius 1 is 1.36 bits per heavy atom. The fourth-order valence-corrected chi connectivity index (χ4v) is 1.42. The lowest BCUT2D eigenvalue weighted by molar-refractivity contribution is -0.134. The molecule has 0 radical (unpaired) electrons. The van der Waals surface area contributed by atoms with Crippen molar-refractivity contribution >= 4 is 6.47 Å². The summed E-state index contributed by atoms with van der Waals surface area (Å²) in [6.07, 6.45) is 1.80. The van der Waals surface area contributed by atoms with E-state index in [1.54, 1.807) is 0 Å². The number of hydrogen-bond acceptors (Lipinski definition) is 2. The molecule has 14 heavy (non-hydrogen) atoms. The Morgan fingerprint density at radius 3 is 2.50 bits per heavy atom. The molecular weight excluding hydrogens is 176 g/mol. The largest absolute Gasteiger partial charge is 0.460 e. The summed E-state index contributed by atoms with van der Waals surface area (Å²) >= 11 is 0. The summed E-state index contributed by atoms with van der Waals surface area (Å²) in [5.74, 6) is 0. The van der Waals surface area contributed by atoms with Gasteiger partial charge in [0.25, 0.3) is 6.47 Å². The first kappa shape index (κ1) is 10.8. The van der Waals surface area contributed by atoms with Gasteiger partial charge in [-0.3, -0.25) is 4.79 Å². The van der Waals surface area contributed by atoms with Crippen LogP contribution in [0.3, 0.4) is 0 Å². The van der Waals surface area contributed by atoms with Gasteiger partial charge < -0.3 is 4.74 Å². The molecule has 0 saturated heterocycles. The lowest BCUT2D eigenvalue weighted by Crippen LogP contribution is -2.02. The predicted octanol–water partition coefficient (Wildman–Crippen LogP) is 3.01. The van der Waals surface area contributed by atoms with E-state index in [1.807, 2.05) is 31.2 Å². The fraction of sp³-hybridized carbons (Fsp3) is 0.417. The SMILES string of the molecule is CCCC(OC=O)c1ccc(C)cc1. The monoisotopic (exact) mass is 192 g/mol. The quantitative estimate of drug-likeness (QED) is 0.670. The van der Waals surface area contributed by atoms with Gasteiger partial charge in [-0.1, -0.05) is 43.2 Å². The highest BCUT2D eigenvalue weighted by molar-refractivity contribution is 5.38. The Hall–Kier alpha value is -1.31. The number of rotatable bonds is 5. The van der Waals surface area contributed by atoms with Crippen LogP contribution < -0.4 is 0 Å². The van der Waals surface area contributed by atoms with Crippen molar-refractivity contribution in [3.63, 3.8) is 0 Å². The number of aryl methyl sites for hydroxylation is 1. The Kier molecular flexibility index (Phi) is 4.17. The van der Waals surface area contributed by atoms with Gasteiger partial charge in [-0.05, 0) is 18.9 Å². The second kappa shape index (κ2) is 5.43. The molecule has 2 nitrogen and oxygen atoms in total. The first-order chi connectivity index (χ1) is 6.77. The average molecular weight is 192 g/mol. The number of benzene rings is 1. The van der Waals surface area contributed by atoms with Crippen molar-refractivity contribution in [2.75, 3.05) is 0 Å². The molecule has 0 N–H and O–H groups in total. The van der Waals surface area contributed by atoms with Crippen LogP contribution in [0.4, 0.5) is 0 Å². The van der Waals surface area contributed by atoms with Crippen LogP contribution in [-0.2, 0) is 9.53 Å². The molecule has 2 heteroatoms. The topological polar surface area (TPSA) is 26.3 Å². The smallest absolute Gasteiger partial charge is 0.293 e. The van der Waals surface area contributed by atoms with E-state index in [2.05, 4.69) is 6.92 Å². The molecule has 1 rings (SSSR count). The van der Waals surface area contributed by atoms with E-state index in [-0.39, 0.29) is 6.10 Å². The number of hydrogen-bond donors (Lipinski definition) is 0. The van der Waals surface area contributed by atoms with Gasteiger partial charge in [-0.2, -0.15) is 0 Å². The summed E-state index contributed by atoms with van der Waals surface area (Å²) in [6.45, 7) is 4.65. The average Bonchev–Trinajstić information content (AvgIpc) is 2.19. The molecular formula is C12H16O2. The minimum atomic E-state index is -0.0851. The summed E-state index contributed by atoms with van der Waals surface area (Å²) in [5.41, 5.74) is 2.29. The third-order valence-corrected chi connectivity index (χ3v) is 2.22. The standard InChI is InChI=1S/C12H16O2/c1-3-4-12(14-9-13)11-7-5-10(2)6-8-11/h5-9,12H,3-4H2,1-2H3. The summed E-state index contributed by atoms with van der Waals surface area (Å²) in [7, 11) is 0. The van der Waals surface area contributed by atoms with Gasteiger partial charge in [0.05, 0.1) is 0 Å². The van der Waals surface area contributed by atoms with Crippen molar-refractivity contribution in [1.29, 1.82) is 0 Å². The van der Waals surface area contributed by atoms with Crippen LogP contribution in [0.15, 0.2) is 24.3 Å². The molecule has 76 valence electrons. The molecule has 1 aromatic carbocycles. The molecule has 0 aliphatic carbocycles. The maximum atomic E-state index is 10.3. The van der Waals surface area contributed by atoms with Crippen LogP contribution in [0, 0.1) is 6.92 Å². The van der Waals surface area contributed by atoms with Crippen molar-refractivity contribution in [2.45, 2.75) is 32.8 Å². The van der Waals surface area contributed by atoms with Gasteiger partial charge in [-0.15, -0.1) is 0 Å². The minimum absolute atomic E-state index is 0.0851. The third kappa shape index (κ3) is 2.87. The zero-order valence-electron chi connectivity index (χ0n) is 8.69. The normalized spacial score (nSPS) is 12.1. The fourth-order valence-electron chi connectivity index (χ4n) is 1.42. The highest BCUT2D eigenvalue weighted by atomic mass is 16.5. The molecule has 0 aliphatic heterocycles. The Bertz CT molecular complexity index is 277. The van der Waals surface area contributed by atoms with Gasteiger partial charge in [-0.25, -0.2) is 0 Å². The number of carbonyl (C=O) groups excluding carboxylic acids is 1. The van der Waals surface area contributed by atoms with E-state index in [0.29, 0.717) is 6.47 Å². The first-order valence-corrected chi connectivity index (χ1v) is 4.93. The minimum Gasteiger partial charge on any atom is -0.460 e. The summed E-state index contributed by atoms with van der Waals surface area (Å²) < 4.78 is 5.03. The van der Waals surface area contributed by atoms with Gasteiger partial charge in [0, 0.05) is 0 Å². The lowest BCUT2D eigenvalue weighted by Gasteiger charge is -2.14. The molecule has 0 aliphatic rings. The molecule has 0 saturated carbocycles. The van der Waals surface area contributed by atoms with E-state index in [4.69, 9.17) is 4.74 Å². The molecule has 0 heterocycles. The van der Waals surface area contributed by atoms with Crippen molar-refractivity contribution in [2.24, 2.45) is 0 Å². The first-order valence-electron chi connectivity index (χ1n) is 4.93. The van der Waals surface area contributed by atoms with E-state index >= 15 is 0 Å². The maximum absolute atomic E-state index is 10.3. The van der Waals surface area contributed by atoms with E-state index in [1.165, 1.54) is 5.56 Å². The Morgan fingerprint density at radius 2 is 2.00 bits per heavy atom. The Labute approximate surface area is 84.9 Å². The van der Waals surface area contributed by atoms with Crippen LogP contribution in [0.2, 0.25) is 0 Å². The summed E-state index contributed by atoms with van der Waals surface area (Å²) in [4.78, 5) is 10.3. The van der Waals surface area contributed by atoms with E-state index < -0.39 is 0 Å². The van der Waals surface area contributed by atoms with Crippen LogP contribution in [0.25, 0.3) is 0 Å². The summed E-state index contributed by atoms with van der Waals surface area (Å²) in [6, 6.07) is 8.09. The van der Waals surface area contributed by atoms with Crippen LogP contribution >= 0.6 is 0 Å². The molecule has 0 fully saturated rings. The zero-order chi connectivity index (χ0) is 10.4. The maximum Gasteiger partial charge on any atom is 0.293 e. The van der Waals surface area contributed by atoms with Gasteiger partial charge >= 0.3 is 0 Å². The molecule has 1 unspecified atom stereocenters. The van der Waals surface area contributed by atoms with E-state index in [0.717, 1.165) is 18.4 Å². The molecule has 1 aromatic rings. The third-order valence-electron chi connectivity index (χ3n) is 2.22. The second-order valence-corrected chi connectivity index (χ2v) is 3.42. The zero-order valence-corrected chi connectivity index (χ0v) is 8.69. The van der Waals surface area contributed by atoms with Crippen molar-refractivity contribution < 1.29 is 9.53 Å². The molecule has 1 atom stereocenters. The van der Waals surface area contributed by atoms with E-state index in [9.17, 15) is 4.79 Å². The molecule has 0 aromatic heterocycles. The highest BCUT2D eigenvalue weighted by Crippen LogP contribution is 2.21. The number of carbonyl (C=O) groups is 1. The molecule has 0 bridgehead atoms. The molecule has 0 amide bonds. The van der Waals surface area contributed by atoms with Crippen molar-refractivity contribution in [3.8, 4) is 0 Å². The highest BCUT2D eigenvalue weighted by Gasteiger charge is 2.10. The van der Waals surface area contributed by atoms with Crippen molar-refractivity contribution in [1.82, 2.24) is 0 Å². The Balaban J connectivity index is 2.76. The second-order valence-electron chi connectivity index (χ2n) is 3.42. The van der Waals surface area contributed by atoms with Crippen LogP contribution in [-0.4, -0.2) is 6.47 Å². The predicted molar refractivity (Wildman–Crippen MR) is 56.0 cm³/mol. The lowest BCUT2D eigenvalue weighted by atomic mass is 10.0. The number of ether oxygens (including phenoxy) is 1.